The van der Waals surface area contributed by atoms with E-state index in [4.69, 9.17) is 9.36 Å². The molecule has 0 radical (unpaired) electrons. The van der Waals surface area contributed by atoms with Gasteiger partial charge in [0.2, 0.25) is 5.91 Å². The van der Waals surface area contributed by atoms with Crippen LogP contribution in [0.3, 0.4) is 0 Å². The Morgan fingerprint density at radius 1 is 1.00 bits per heavy atom. The number of hydrogen-bond acceptors (Lipinski definition) is 7. The highest BCUT2D eigenvalue weighted by atomic mass is 32.2. The van der Waals surface area contributed by atoms with Crippen molar-refractivity contribution in [2.45, 2.75) is 19.0 Å². The van der Waals surface area contributed by atoms with Crippen molar-refractivity contribution in [3.63, 3.8) is 0 Å². The van der Waals surface area contributed by atoms with Crippen LogP contribution in [0.4, 0.5) is 11.4 Å². The minimum atomic E-state index is -1.19. The van der Waals surface area contributed by atoms with Gasteiger partial charge in [-0.25, -0.2) is 4.90 Å². The van der Waals surface area contributed by atoms with E-state index in [9.17, 15) is 4.79 Å². The van der Waals surface area contributed by atoms with Crippen LogP contribution >= 0.6 is 11.8 Å². The first-order chi connectivity index (χ1) is 14.1. The second-order valence-corrected chi connectivity index (χ2v) is 7.89. The highest BCUT2D eigenvalue weighted by Crippen LogP contribution is 2.50. The molecule has 3 heterocycles. The van der Waals surface area contributed by atoms with E-state index >= 15 is 0 Å². The van der Waals surface area contributed by atoms with E-state index in [0.717, 1.165) is 11.3 Å². The first-order valence-electron chi connectivity index (χ1n) is 9.18. The van der Waals surface area contributed by atoms with Gasteiger partial charge in [-0.1, -0.05) is 70.6 Å². The van der Waals surface area contributed by atoms with Gasteiger partial charge >= 0.3 is 5.18 Å². The largest absolute Gasteiger partial charge is 0.359 e. The first-order valence-corrected chi connectivity index (χ1v) is 10.2. The molecule has 0 bridgehead atoms. The van der Waals surface area contributed by atoms with Crippen LogP contribution in [0, 0.1) is 13.8 Å². The second kappa shape index (κ2) is 6.66. The molecule has 3 aromatic rings. The van der Waals surface area contributed by atoms with Crippen LogP contribution in [0.15, 0.2) is 70.3 Å². The van der Waals surface area contributed by atoms with Crippen LogP contribution in [0.2, 0.25) is 0 Å². The van der Waals surface area contributed by atoms with Crippen LogP contribution in [0.5, 0.6) is 0 Å². The summed E-state index contributed by atoms with van der Waals surface area (Å²) in [5, 5.41) is 7.28. The summed E-state index contributed by atoms with van der Waals surface area (Å²) in [6.07, 6.45) is 0. The van der Waals surface area contributed by atoms with E-state index in [1.54, 1.807) is 11.8 Å². The summed E-state index contributed by atoms with van der Waals surface area (Å²) in [6, 6.07) is 19.6. The number of thioether (sulfide) groups is 1. The summed E-state index contributed by atoms with van der Waals surface area (Å²) in [6.45, 7) is 3.61. The van der Waals surface area contributed by atoms with E-state index in [1.807, 2.05) is 72.5 Å². The molecule has 29 heavy (non-hydrogen) atoms. The maximum atomic E-state index is 13.0. The van der Waals surface area contributed by atoms with Gasteiger partial charge in [0.1, 0.15) is 11.4 Å². The van der Waals surface area contributed by atoms with Crippen LogP contribution in [0.25, 0.3) is 0 Å². The standard InChI is InChI=1S/C21H18N4O3S/c1-14-19(15(2)27-22-14)25-18(26)13-29-21(25)24(17-11-7-4-8-12-17)20(23-28-21)16-9-5-3-6-10-16/h3-12H,13H2,1-2H3. The molecule has 1 atom stereocenters. The van der Waals surface area contributed by atoms with E-state index in [0.29, 0.717) is 23.0 Å². The number of carbonyl (C=O) groups is 1. The molecule has 1 aromatic heterocycles. The van der Waals surface area contributed by atoms with Crippen molar-refractivity contribution in [1.82, 2.24) is 5.16 Å². The van der Waals surface area contributed by atoms with Crippen molar-refractivity contribution in [2.75, 3.05) is 15.6 Å². The fourth-order valence-corrected chi connectivity index (χ4v) is 4.86. The number of oxime groups is 1. The van der Waals surface area contributed by atoms with Gasteiger partial charge < -0.3 is 9.36 Å². The lowest BCUT2D eigenvalue weighted by atomic mass is 10.1. The zero-order valence-electron chi connectivity index (χ0n) is 15.9. The van der Waals surface area contributed by atoms with Gasteiger partial charge in [0.25, 0.3) is 0 Å². The smallest absolute Gasteiger partial charge is 0.352 e. The van der Waals surface area contributed by atoms with Crippen molar-refractivity contribution >= 4 is 34.9 Å². The van der Waals surface area contributed by atoms with Crippen molar-refractivity contribution in [3.05, 3.63) is 77.7 Å². The van der Waals surface area contributed by atoms with Crippen molar-refractivity contribution in [2.24, 2.45) is 5.16 Å². The number of amidine groups is 1. The maximum absolute atomic E-state index is 13.0. The zero-order chi connectivity index (χ0) is 20.0. The number of hydrogen-bond donors (Lipinski definition) is 0. The Morgan fingerprint density at radius 3 is 2.34 bits per heavy atom. The monoisotopic (exact) mass is 406 g/mol. The van der Waals surface area contributed by atoms with E-state index in [2.05, 4.69) is 10.3 Å². The molecule has 146 valence electrons. The molecule has 0 aliphatic carbocycles. The Kier molecular flexibility index (Phi) is 4.09. The summed E-state index contributed by atoms with van der Waals surface area (Å²) in [5.41, 5.74) is 3.01. The third-order valence-electron chi connectivity index (χ3n) is 4.93. The summed E-state index contributed by atoms with van der Waals surface area (Å²) in [5.74, 6) is 1.36. The van der Waals surface area contributed by atoms with Gasteiger partial charge in [-0.2, -0.15) is 0 Å². The summed E-state index contributed by atoms with van der Waals surface area (Å²) >= 11 is 1.38. The molecule has 7 nitrogen and oxygen atoms in total. The quantitative estimate of drug-likeness (QED) is 0.657. The molecule has 8 heteroatoms. The van der Waals surface area contributed by atoms with Crippen LogP contribution in [0.1, 0.15) is 17.0 Å². The second-order valence-electron chi connectivity index (χ2n) is 6.78. The average molecular weight is 406 g/mol. The molecule has 1 spiro atoms. The molecule has 1 amide bonds. The van der Waals surface area contributed by atoms with Crippen molar-refractivity contribution in [3.8, 4) is 0 Å². The number of amides is 1. The molecular formula is C21H18N4O3S. The molecule has 1 unspecified atom stereocenters. The Bertz CT molecular complexity index is 1080. The minimum absolute atomic E-state index is 0.0881. The lowest BCUT2D eigenvalue weighted by Gasteiger charge is -2.38. The Balaban J connectivity index is 1.70. The third kappa shape index (κ3) is 2.63. The predicted octanol–water partition coefficient (Wildman–Crippen LogP) is 3.88. The van der Waals surface area contributed by atoms with Gasteiger partial charge in [-0.3, -0.25) is 9.69 Å². The summed E-state index contributed by atoms with van der Waals surface area (Å²) in [7, 11) is 0. The van der Waals surface area contributed by atoms with E-state index in [-0.39, 0.29) is 11.7 Å². The van der Waals surface area contributed by atoms with E-state index < -0.39 is 5.18 Å². The number of nitrogens with zero attached hydrogens (tertiary/aromatic N) is 4. The first kappa shape index (κ1) is 17.8. The topological polar surface area (TPSA) is 71.2 Å². The van der Waals surface area contributed by atoms with Crippen LogP contribution in [-0.4, -0.2) is 27.8 Å². The molecule has 1 saturated heterocycles. The van der Waals surface area contributed by atoms with Gasteiger partial charge in [0.15, 0.2) is 11.6 Å². The Labute approximate surface area is 171 Å². The zero-order valence-corrected chi connectivity index (χ0v) is 16.7. The molecule has 0 N–H and O–H groups in total. The Morgan fingerprint density at radius 2 is 1.69 bits per heavy atom. The number of rotatable bonds is 3. The summed E-state index contributed by atoms with van der Waals surface area (Å²) < 4.78 is 5.35. The van der Waals surface area contributed by atoms with Crippen molar-refractivity contribution in [1.29, 1.82) is 0 Å². The van der Waals surface area contributed by atoms with Crippen LogP contribution in [-0.2, 0) is 9.63 Å². The molecule has 1 fully saturated rings. The lowest BCUT2D eigenvalue weighted by molar-refractivity contribution is -0.118. The fourth-order valence-electron chi connectivity index (χ4n) is 3.69. The van der Waals surface area contributed by atoms with Gasteiger partial charge in [-0.15, -0.1) is 0 Å². The number of anilines is 2. The predicted molar refractivity (Wildman–Crippen MR) is 112 cm³/mol. The summed E-state index contributed by atoms with van der Waals surface area (Å²) in [4.78, 5) is 22.7. The normalized spacial score (nSPS) is 21.0. The minimum Gasteiger partial charge on any atom is -0.359 e. The molecule has 5 rings (SSSR count). The highest BCUT2D eigenvalue weighted by Gasteiger charge is 2.60. The SMILES string of the molecule is Cc1noc(C)c1N1C(=O)CSC12ON=C(c1ccccc1)N2c1ccccc1. The van der Waals surface area contributed by atoms with Gasteiger partial charge in [-0.05, 0) is 26.0 Å². The number of benzene rings is 2. The van der Waals surface area contributed by atoms with Gasteiger partial charge in [0, 0.05) is 11.3 Å². The highest BCUT2D eigenvalue weighted by molar-refractivity contribution is 8.02. The number of aromatic nitrogens is 1. The molecule has 2 aromatic carbocycles. The van der Waals surface area contributed by atoms with E-state index in [1.165, 1.54) is 11.8 Å². The third-order valence-corrected chi connectivity index (χ3v) is 6.13. The number of carbonyl (C=O) groups excluding carboxylic acids is 1. The van der Waals surface area contributed by atoms with Gasteiger partial charge in [0.05, 0.1) is 5.75 Å². The maximum Gasteiger partial charge on any atom is 0.352 e. The number of para-hydroxylation sites is 1. The van der Waals surface area contributed by atoms with Crippen LogP contribution < -0.4 is 9.80 Å². The molecule has 2 aliphatic heterocycles. The number of aryl methyl sites for hydroxylation is 2. The average Bonchev–Trinajstić information content (AvgIpc) is 3.40. The Hall–Kier alpha value is -3.26. The molecular weight excluding hydrogens is 388 g/mol. The molecule has 0 saturated carbocycles. The van der Waals surface area contributed by atoms with Crippen molar-refractivity contribution < 1.29 is 14.2 Å². The molecule has 2 aliphatic rings. The lowest BCUT2D eigenvalue weighted by Crippen LogP contribution is -2.57. The fraction of sp³-hybridized carbons (Fsp3) is 0.190.